The predicted molar refractivity (Wildman–Crippen MR) is 104 cm³/mol. The maximum Gasteiger partial charge on any atom is 0.258 e. The predicted octanol–water partition coefficient (Wildman–Crippen LogP) is 2.84. The van der Waals surface area contributed by atoms with Gasteiger partial charge >= 0.3 is 0 Å². The molecule has 7 nitrogen and oxygen atoms in total. The smallest absolute Gasteiger partial charge is 0.258 e. The Bertz CT molecular complexity index is 849. The van der Waals surface area contributed by atoms with Crippen LogP contribution in [0.4, 0.5) is 17.5 Å². The van der Waals surface area contributed by atoms with Crippen LogP contribution >= 0.6 is 0 Å². The van der Waals surface area contributed by atoms with E-state index in [1.165, 1.54) is 12.8 Å². The normalized spacial score (nSPS) is 17.6. The van der Waals surface area contributed by atoms with E-state index in [9.17, 15) is 9.59 Å². The van der Waals surface area contributed by atoms with Gasteiger partial charge in [-0.3, -0.25) is 14.9 Å². The van der Waals surface area contributed by atoms with E-state index < -0.39 is 0 Å². The van der Waals surface area contributed by atoms with Gasteiger partial charge < -0.3 is 9.80 Å². The molecule has 140 valence electrons. The molecular weight excluding hydrogens is 342 g/mol. The van der Waals surface area contributed by atoms with Crippen LogP contribution in [0.3, 0.4) is 0 Å². The van der Waals surface area contributed by atoms with E-state index in [1.54, 1.807) is 30.3 Å². The standard InChI is InChI=1S/C20H23N5O2/c1-24-16-13-21-20(23-19(27)14-7-3-2-4-8-14)22-18(16)25(12-11-17(24)26)15-9-5-6-10-15/h2-4,7-8,13,15H,5-6,9-12H2,1H3,(H,21,22,23,27). The Morgan fingerprint density at radius 3 is 2.67 bits per heavy atom. The van der Waals surface area contributed by atoms with Gasteiger partial charge in [-0.05, 0) is 25.0 Å². The largest absolute Gasteiger partial charge is 0.351 e. The molecule has 0 radical (unpaired) electrons. The SMILES string of the molecule is CN1C(=O)CCN(C2CCCC2)c2nc(NC(=O)c3ccccc3)ncc21. The number of benzene rings is 1. The van der Waals surface area contributed by atoms with Gasteiger partial charge in [0.25, 0.3) is 5.91 Å². The second kappa shape index (κ2) is 7.34. The third-order valence-corrected chi connectivity index (χ3v) is 5.35. The number of rotatable bonds is 3. The van der Waals surface area contributed by atoms with Crippen LogP contribution in [0.1, 0.15) is 42.5 Å². The molecule has 1 aromatic heterocycles. The first-order valence-corrected chi connectivity index (χ1v) is 9.40. The van der Waals surface area contributed by atoms with Crippen molar-refractivity contribution >= 4 is 29.3 Å². The number of fused-ring (bicyclic) bond motifs is 1. The molecule has 0 bridgehead atoms. The van der Waals surface area contributed by atoms with Gasteiger partial charge in [0.05, 0.1) is 6.20 Å². The molecular formula is C20H23N5O2. The fourth-order valence-corrected chi connectivity index (χ4v) is 3.83. The number of hydrogen-bond acceptors (Lipinski definition) is 5. The van der Waals surface area contributed by atoms with Crippen molar-refractivity contribution in [3.8, 4) is 0 Å². The molecule has 0 atom stereocenters. The first-order valence-electron chi connectivity index (χ1n) is 9.40. The van der Waals surface area contributed by atoms with Crippen molar-refractivity contribution in [2.75, 3.05) is 28.7 Å². The summed E-state index contributed by atoms with van der Waals surface area (Å²) in [5, 5.41) is 2.77. The Labute approximate surface area is 158 Å². The minimum Gasteiger partial charge on any atom is -0.351 e. The first kappa shape index (κ1) is 17.5. The molecule has 7 heteroatoms. The van der Waals surface area contributed by atoms with Crippen molar-refractivity contribution in [3.05, 3.63) is 42.1 Å². The summed E-state index contributed by atoms with van der Waals surface area (Å²) in [5.74, 6) is 0.796. The zero-order valence-corrected chi connectivity index (χ0v) is 15.4. The van der Waals surface area contributed by atoms with Crippen LogP contribution in [0.25, 0.3) is 0 Å². The number of nitrogens with zero attached hydrogens (tertiary/aromatic N) is 4. The maximum atomic E-state index is 12.4. The number of carbonyl (C=O) groups excluding carboxylic acids is 2. The molecule has 2 aromatic rings. The van der Waals surface area contributed by atoms with Crippen LogP contribution in [-0.4, -0.2) is 41.4 Å². The van der Waals surface area contributed by atoms with Gasteiger partial charge in [0.15, 0.2) is 5.82 Å². The zero-order chi connectivity index (χ0) is 18.8. The van der Waals surface area contributed by atoms with Gasteiger partial charge in [-0.1, -0.05) is 31.0 Å². The summed E-state index contributed by atoms with van der Waals surface area (Å²) in [6.45, 7) is 0.643. The number of hydrogen-bond donors (Lipinski definition) is 1. The third-order valence-electron chi connectivity index (χ3n) is 5.35. The lowest BCUT2D eigenvalue weighted by atomic mass is 10.2. The molecule has 0 saturated heterocycles. The quantitative estimate of drug-likeness (QED) is 0.905. The summed E-state index contributed by atoms with van der Waals surface area (Å²) in [4.78, 5) is 37.6. The molecule has 0 spiro atoms. The van der Waals surface area contributed by atoms with Gasteiger partial charge in [-0.2, -0.15) is 4.98 Å². The second-order valence-electron chi connectivity index (χ2n) is 7.06. The number of nitrogens with one attached hydrogen (secondary N) is 1. The lowest BCUT2D eigenvalue weighted by Crippen LogP contribution is -2.35. The van der Waals surface area contributed by atoms with Gasteiger partial charge in [-0.15, -0.1) is 0 Å². The summed E-state index contributed by atoms with van der Waals surface area (Å²) in [6, 6.07) is 9.37. The molecule has 2 amide bonds. The number of anilines is 3. The van der Waals surface area contributed by atoms with Crippen molar-refractivity contribution in [1.82, 2.24) is 9.97 Å². The number of aromatic nitrogens is 2. The fraction of sp³-hybridized carbons (Fsp3) is 0.400. The highest BCUT2D eigenvalue weighted by molar-refractivity contribution is 6.03. The Hall–Kier alpha value is -2.96. The van der Waals surface area contributed by atoms with E-state index in [0.717, 1.165) is 18.7 Å². The van der Waals surface area contributed by atoms with E-state index in [1.807, 2.05) is 18.2 Å². The van der Waals surface area contributed by atoms with Gasteiger partial charge in [-0.25, -0.2) is 4.98 Å². The van der Waals surface area contributed by atoms with Crippen molar-refractivity contribution in [2.45, 2.75) is 38.1 Å². The van der Waals surface area contributed by atoms with E-state index in [0.29, 0.717) is 30.3 Å². The summed E-state index contributed by atoms with van der Waals surface area (Å²) < 4.78 is 0. The van der Waals surface area contributed by atoms with Crippen LogP contribution < -0.4 is 15.1 Å². The Balaban J connectivity index is 1.66. The lowest BCUT2D eigenvalue weighted by Gasteiger charge is -2.30. The molecule has 1 saturated carbocycles. The van der Waals surface area contributed by atoms with Crippen LogP contribution in [0.15, 0.2) is 36.5 Å². The first-order chi connectivity index (χ1) is 13.1. The highest BCUT2D eigenvalue weighted by Gasteiger charge is 2.31. The van der Waals surface area contributed by atoms with Crippen molar-refractivity contribution in [3.63, 3.8) is 0 Å². The summed E-state index contributed by atoms with van der Waals surface area (Å²) in [6.07, 6.45) is 6.69. The van der Waals surface area contributed by atoms with E-state index in [4.69, 9.17) is 0 Å². The number of amides is 2. The molecule has 4 rings (SSSR count). The van der Waals surface area contributed by atoms with Crippen LogP contribution in [-0.2, 0) is 4.79 Å². The highest BCUT2D eigenvalue weighted by atomic mass is 16.2. The van der Waals surface area contributed by atoms with E-state index >= 15 is 0 Å². The van der Waals surface area contributed by atoms with Gasteiger partial charge in [0.2, 0.25) is 11.9 Å². The maximum absolute atomic E-state index is 12.4. The average Bonchev–Trinajstić information content (AvgIpc) is 3.19. The molecule has 27 heavy (non-hydrogen) atoms. The topological polar surface area (TPSA) is 78.4 Å². The molecule has 1 aliphatic heterocycles. The second-order valence-corrected chi connectivity index (χ2v) is 7.06. The van der Waals surface area contributed by atoms with Crippen LogP contribution in [0, 0.1) is 0 Å². The molecule has 1 aliphatic carbocycles. The van der Waals surface area contributed by atoms with Gasteiger partial charge in [0, 0.05) is 31.6 Å². The van der Waals surface area contributed by atoms with Crippen LogP contribution in [0.2, 0.25) is 0 Å². The lowest BCUT2D eigenvalue weighted by molar-refractivity contribution is -0.118. The highest BCUT2D eigenvalue weighted by Crippen LogP contribution is 2.35. The number of carbonyl (C=O) groups is 2. The molecule has 1 aromatic carbocycles. The third kappa shape index (κ3) is 3.49. The van der Waals surface area contributed by atoms with Crippen molar-refractivity contribution in [2.24, 2.45) is 0 Å². The minimum atomic E-state index is -0.249. The van der Waals surface area contributed by atoms with Crippen molar-refractivity contribution < 1.29 is 9.59 Å². The monoisotopic (exact) mass is 365 g/mol. The summed E-state index contributed by atoms with van der Waals surface area (Å²) >= 11 is 0. The van der Waals surface area contributed by atoms with E-state index in [2.05, 4.69) is 20.2 Å². The average molecular weight is 365 g/mol. The Kier molecular flexibility index (Phi) is 4.75. The molecule has 0 unspecified atom stereocenters. The Morgan fingerprint density at radius 1 is 1.19 bits per heavy atom. The van der Waals surface area contributed by atoms with Gasteiger partial charge in [0.1, 0.15) is 5.69 Å². The Morgan fingerprint density at radius 2 is 1.93 bits per heavy atom. The molecule has 2 aliphatic rings. The molecule has 1 N–H and O–H groups in total. The van der Waals surface area contributed by atoms with Crippen molar-refractivity contribution in [1.29, 1.82) is 0 Å². The zero-order valence-electron chi connectivity index (χ0n) is 15.4. The molecule has 2 heterocycles. The summed E-state index contributed by atoms with van der Waals surface area (Å²) in [5.41, 5.74) is 1.25. The molecule has 1 fully saturated rings. The summed E-state index contributed by atoms with van der Waals surface area (Å²) in [7, 11) is 1.75. The fourth-order valence-electron chi connectivity index (χ4n) is 3.83. The van der Waals surface area contributed by atoms with E-state index in [-0.39, 0.29) is 17.8 Å². The minimum absolute atomic E-state index is 0.0569. The van der Waals surface area contributed by atoms with Crippen LogP contribution in [0.5, 0.6) is 0 Å².